The first kappa shape index (κ1) is 18.0. The van der Waals surface area contributed by atoms with E-state index in [4.69, 9.17) is 9.31 Å². The van der Waals surface area contributed by atoms with E-state index in [1.54, 1.807) is 0 Å². The maximum atomic E-state index is 13.0. The van der Waals surface area contributed by atoms with Crippen molar-refractivity contribution >= 4 is 29.1 Å². The molecule has 0 saturated carbocycles. The normalized spacial score (nSPS) is 18.0. The highest BCUT2D eigenvalue weighted by atomic mass is 16.7. The minimum atomic E-state index is -0.458. The Balaban J connectivity index is 1.82. The second-order valence-corrected chi connectivity index (χ2v) is 8.03. The van der Waals surface area contributed by atoms with E-state index in [-0.39, 0.29) is 5.78 Å². The van der Waals surface area contributed by atoms with E-state index in [0.29, 0.717) is 11.1 Å². The zero-order valence-electron chi connectivity index (χ0n) is 16.2. The summed E-state index contributed by atoms with van der Waals surface area (Å²) in [7, 11) is -0.458. The van der Waals surface area contributed by atoms with Crippen molar-refractivity contribution in [3.63, 3.8) is 0 Å². The van der Waals surface area contributed by atoms with Crippen LogP contribution in [0.2, 0.25) is 0 Å². The fraction of sp³-hybridized carbons (Fsp3) is 0.261. The minimum Gasteiger partial charge on any atom is -0.399 e. The lowest BCUT2D eigenvalue weighted by atomic mass is 9.75. The summed E-state index contributed by atoms with van der Waals surface area (Å²) in [4.78, 5) is 13.0. The molecule has 1 aliphatic heterocycles. The highest BCUT2D eigenvalue weighted by Crippen LogP contribution is 2.37. The molecular formula is C23H23BO3. The molecule has 0 aromatic heterocycles. The van der Waals surface area contributed by atoms with Gasteiger partial charge in [-0.25, -0.2) is 0 Å². The number of hydrogen-bond acceptors (Lipinski definition) is 3. The van der Waals surface area contributed by atoms with Crippen molar-refractivity contribution in [2.75, 3.05) is 0 Å². The Morgan fingerprint density at radius 2 is 1.30 bits per heavy atom. The molecular weight excluding hydrogens is 335 g/mol. The van der Waals surface area contributed by atoms with Crippen LogP contribution in [0.3, 0.4) is 0 Å². The lowest BCUT2D eigenvalue weighted by Crippen LogP contribution is -2.41. The van der Waals surface area contributed by atoms with E-state index in [9.17, 15) is 4.79 Å². The SMILES string of the molecule is CC1(C)OB(c2ccc(C(=O)c3ccccc3)c3ccccc23)OC1(C)C. The molecule has 4 heteroatoms. The molecule has 0 atom stereocenters. The van der Waals surface area contributed by atoms with Gasteiger partial charge in [-0.1, -0.05) is 66.7 Å². The second-order valence-electron chi connectivity index (χ2n) is 8.03. The Bertz CT molecular complexity index is 993. The van der Waals surface area contributed by atoms with Gasteiger partial charge in [-0.15, -0.1) is 0 Å². The standard InChI is InChI=1S/C23H23BO3/c1-22(2)23(3,4)27-24(26-22)20-15-14-19(17-12-8-9-13-18(17)20)21(25)16-10-6-5-7-11-16/h5-15H,1-4H3. The monoisotopic (exact) mass is 358 g/mol. The second kappa shape index (κ2) is 6.33. The Morgan fingerprint density at radius 1 is 0.741 bits per heavy atom. The van der Waals surface area contributed by atoms with Crippen LogP contribution in [-0.2, 0) is 9.31 Å². The van der Waals surface area contributed by atoms with Crippen molar-refractivity contribution in [2.45, 2.75) is 38.9 Å². The summed E-state index contributed by atoms with van der Waals surface area (Å²) in [5.74, 6) is 0.0206. The number of rotatable bonds is 3. The molecule has 4 rings (SSSR count). The van der Waals surface area contributed by atoms with E-state index in [1.165, 1.54) is 0 Å². The lowest BCUT2D eigenvalue weighted by molar-refractivity contribution is 0.00578. The largest absolute Gasteiger partial charge is 0.495 e. The number of hydrogen-bond donors (Lipinski definition) is 0. The van der Waals surface area contributed by atoms with Gasteiger partial charge in [-0.2, -0.15) is 0 Å². The molecule has 0 N–H and O–H groups in total. The summed E-state index contributed by atoms with van der Waals surface area (Å²) < 4.78 is 12.5. The van der Waals surface area contributed by atoms with Crippen LogP contribution in [0.5, 0.6) is 0 Å². The first-order valence-corrected chi connectivity index (χ1v) is 9.27. The van der Waals surface area contributed by atoms with Gasteiger partial charge in [0, 0.05) is 11.1 Å². The number of carbonyl (C=O) groups excluding carboxylic acids is 1. The fourth-order valence-electron chi connectivity index (χ4n) is 3.44. The van der Waals surface area contributed by atoms with E-state index in [1.807, 2.05) is 94.4 Å². The van der Waals surface area contributed by atoms with Crippen molar-refractivity contribution in [1.82, 2.24) is 0 Å². The first-order valence-electron chi connectivity index (χ1n) is 9.27. The minimum absolute atomic E-state index is 0.0206. The molecule has 1 aliphatic rings. The Morgan fingerprint density at radius 3 is 1.93 bits per heavy atom. The Kier molecular flexibility index (Phi) is 4.21. The molecule has 1 heterocycles. The molecule has 3 nitrogen and oxygen atoms in total. The molecule has 1 fully saturated rings. The molecule has 0 unspecified atom stereocenters. The average Bonchev–Trinajstić information content (AvgIpc) is 2.88. The van der Waals surface area contributed by atoms with Gasteiger partial charge in [-0.3, -0.25) is 4.79 Å². The Hall–Kier alpha value is -2.43. The Labute approximate surface area is 160 Å². The number of benzene rings is 3. The van der Waals surface area contributed by atoms with Crippen molar-refractivity contribution in [3.8, 4) is 0 Å². The smallest absolute Gasteiger partial charge is 0.399 e. The van der Waals surface area contributed by atoms with Crippen LogP contribution in [0.25, 0.3) is 10.8 Å². The lowest BCUT2D eigenvalue weighted by Gasteiger charge is -2.32. The van der Waals surface area contributed by atoms with Crippen LogP contribution in [0.15, 0.2) is 66.7 Å². The van der Waals surface area contributed by atoms with E-state index in [0.717, 1.165) is 16.2 Å². The molecule has 1 saturated heterocycles. The maximum Gasteiger partial charge on any atom is 0.495 e. The van der Waals surface area contributed by atoms with Crippen molar-refractivity contribution in [3.05, 3.63) is 77.9 Å². The van der Waals surface area contributed by atoms with Gasteiger partial charge in [0.15, 0.2) is 5.78 Å². The first-order chi connectivity index (χ1) is 12.8. The van der Waals surface area contributed by atoms with Crippen LogP contribution in [0.1, 0.15) is 43.6 Å². The quantitative estimate of drug-likeness (QED) is 0.515. The van der Waals surface area contributed by atoms with Gasteiger partial charge >= 0.3 is 7.12 Å². The molecule has 3 aromatic carbocycles. The summed E-state index contributed by atoms with van der Waals surface area (Å²) in [5.41, 5.74) is 1.52. The van der Waals surface area contributed by atoms with Gasteiger partial charge in [0.05, 0.1) is 11.2 Å². The third-order valence-corrected chi connectivity index (χ3v) is 5.75. The predicted octanol–water partition coefficient (Wildman–Crippen LogP) is 4.37. The van der Waals surface area contributed by atoms with Crippen LogP contribution >= 0.6 is 0 Å². The summed E-state index contributed by atoms with van der Waals surface area (Å²) in [6, 6.07) is 21.2. The van der Waals surface area contributed by atoms with Gasteiger partial charge in [0.1, 0.15) is 0 Å². The number of fused-ring (bicyclic) bond motifs is 1. The van der Waals surface area contributed by atoms with Gasteiger partial charge < -0.3 is 9.31 Å². The van der Waals surface area contributed by atoms with E-state index < -0.39 is 18.3 Å². The summed E-state index contributed by atoms with van der Waals surface area (Å²) in [5, 5.41) is 1.90. The summed E-state index contributed by atoms with van der Waals surface area (Å²) in [6.45, 7) is 8.18. The topological polar surface area (TPSA) is 35.5 Å². The van der Waals surface area contributed by atoms with Crippen LogP contribution in [0.4, 0.5) is 0 Å². The van der Waals surface area contributed by atoms with E-state index >= 15 is 0 Å². The third-order valence-electron chi connectivity index (χ3n) is 5.75. The molecule has 0 radical (unpaired) electrons. The molecule has 27 heavy (non-hydrogen) atoms. The zero-order valence-corrected chi connectivity index (χ0v) is 16.2. The van der Waals surface area contributed by atoms with E-state index in [2.05, 4.69) is 0 Å². The van der Waals surface area contributed by atoms with Crippen LogP contribution in [-0.4, -0.2) is 24.1 Å². The maximum absolute atomic E-state index is 13.0. The van der Waals surface area contributed by atoms with Crippen LogP contribution < -0.4 is 5.46 Å². The molecule has 3 aromatic rings. The molecule has 0 aliphatic carbocycles. The van der Waals surface area contributed by atoms with Crippen molar-refractivity contribution in [1.29, 1.82) is 0 Å². The molecule has 0 amide bonds. The average molecular weight is 358 g/mol. The van der Waals surface area contributed by atoms with Gasteiger partial charge in [0.2, 0.25) is 0 Å². The molecule has 0 bridgehead atoms. The molecule has 136 valence electrons. The summed E-state index contributed by atoms with van der Waals surface area (Å²) >= 11 is 0. The highest BCUT2D eigenvalue weighted by Gasteiger charge is 2.52. The highest BCUT2D eigenvalue weighted by molar-refractivity contribution is 6.65. The van der Waals surface area contributed by atoms with Crippen molar-refractivity contribution < 1.29 is 14.1 Å². The third kappa shape index (κ3) is 2.99. The van der Waals surface area contributed by atoms with Crippen LogP contribution in [0, 0.1) is 0 Å². The van der Waals surface area contributed by atoms with Crippen molar-refractivity contribution in [2.24, 2.45) is 0 Å². The zero-order chi connectivity index (χ0) is 19.2. The number of ketones is 1. The van der Waals surface area contributed by atoms with Gasteiger partial charge in [0.25, 0.3) is 0 Å². The fourth-order valence-corrected chi connectivity index (χ4v) is 3.44. The number of carbonyl (C=O) groups is 1. The molecule has 0 spiro atoms. The predicted molar refractivity (Wildman–Crippen MR) is 110 cm³/mol. The summed E-state index contributed by atoms with van der Waals surface area (Å²) in [6.07, 6.45) is 0. The van der Waals surface area contributed by atoms with Gasteiger partial charge in [-0.05, 0) is 43.9 Å².